The minimum absolute atomic E-state index is 0.0500. The highest BCUT2D eigenvalue weighted by Gasteiger charge is 2.16. The van der Waals surface area contributed by atoms with Crippen LogP contribution in [0.25, 0.3) is 5.95 Å². The third-order valence-electron chi connectivity index (χ3n) is 4.48. The normalized spacial score (nSPS) is 10.8. The molecule has 0 saturated heterocycles. The number of hydrogen-bond acceptors (Lipinski definition) is 5. The molecular formula is C21H23N5O3. The fourth-order valence-electron chi connectivity index (χ4n) is 3.00. The Kier molecular flexibility index (Phi) is 5.72. The summed E-state index contributed by atoms with van der Waals surface area (Å²) in [7, 11) is 0. The van der Waals surface area contributed by atoms with E-state index in [4.69, 9.17) is 0 Å². The Bertz CT molecular complexity index is 1130. The first-order valence-corrected chi connectivity index (χ1v) is 9.33. The molecule has 1 aromatic carbocycles. The van der Waals surface area contributed by atoms with E-state index < -0.39 is 0 Å². The molecule has 0 saturated carbocycles. The van der Waals surface area contributed by atoms with E-state index in [0.29, 0.717) is 29.3 Å². The SMILES string of the molecule is CCc1cc(=O)n(CC(=O)Nc2ccc(C(C)=O)cc2)c(-n2nc(C)cc2C)n1. The summed E-state index contributed by atoms with van der Waals surface area (Å²) in [5.74, 6) is -0.121. The summed E-state index contributed by atoms with van der Waals surface area (Å²) in [5.41, 5.74) is 3.02. The first-order chi connectivity index (χ1) is 13.8. The zero-order valence-electron chi connectivity index (χ0n) is 16.9. The van der Waals surface area contributed by atoms with Gasteiger partial charge in [-0.15, -0.1) is 0 Å². The summed E-state index contributed by atoms with van der Waals surface area (Å²) in [4.78, 5) is 41.2. The van der Waals surface area contributed by atoms with Crippen molar-refractivity contribution in [3.8, 4) is 5.95 Å². The average Bonchev–Trinajstić information content (AvgIpc) is 3.01. The number of nitrogens with zero attached hydrogens (tertiary/aromatic N) is 4. The van der Waals surface area contributed by atoms with Gasteiger partial charge in [0.25, 0.3) is 5.56 Å². The van der Waals surface area contributed by atoms with Crippen LogP contribution in [0.2, 0.25) is 0 Å². The third kappa shape index (κ3) is 4.48. The number of benzene rings is 1. The number of nitrogens with one attached hydrogen (secondary N) is 1. The Hall–Kier alpha value is -3.55. The molecule has 8 nitrogen and oxygen atoms in total. The molecule has 3 rings (SSSR count). The quantitative estimate of drug-likeness (QED) is 0.649. The molecule has 3 aromatic rings. The van der Waals surface area contributed by atoms with Crippen molar-refractivity contribution in [2.45, 2.75) is 40.7 Å². The lowest BCUT2D eigenvalue weighted by Gasteiger charge is -2.14. The van der Waals surface area contributed by atoms with E-state index in [1.54, 1.807) is 28.9 Å². The van der Waals surface area contributed by atoms with Crippen LogP contribution in [0.15, 0.2) is 41.2 Å². The highest BCUT2D eigenvalue weighted by atomic mass is 16.2. The van der Waals surface area contributed by atoms with Crippen LogP contribution in [-0.2, 0) is 17.8 Å². The number of aryl methyl sites for hydroxylation is 3. The maximum Gasteiger partial charge on any atom is 0.255 e. The highest BCUT2D eigenvalue weighted by Crippen LogP contribution is 2.12. The Morgan fingerprint density at radius 3 is 2.34 bits per heavy atom. The zero-order valence-corrected chi connectivity index (χ0v) is 16.9. The first kappa shape index (κ1) is 20.2. The van der Waals surface area contributed by atoms with Crippen LogP contribution in [0.5, 0.6) is 0 Å². The number of Topliss-reactive ketones (excluding diaryl/α,β-unsaturated/α-hetero) is 1. The molecule has 0 unspecified atom stereocenters. The summed E-state index contributed by atoms with van der Waals surface area (Å²) in [6.07, 6.45) is 0.594. The van der Waals surface area contributed by atoms with Crippen LogP contribution in [0, 0.1) is 13.8 Å². The zero-order chi connectivity index (χ0) is 21.1. The van der Waals surface area contributed by atoms with Crippen LogP contribution in [0.4, 0.5) is 5.69 Å². The molecule has 0 spiro atoms. The Balaban J connectivity index is 1.91. The fourth-order valence-corrected chi connectivity index (χ4v) is 3.00. The number of amides is 1. The van der Waals surface area contributed by atoms with Crippen molar-refractivity contribution in [3.05, 3.63) is 69.4 Å². The maximum absolute atomic E-state index is 12.7. The molecule has 29 heavy (non-hydrogen) atoms. The predicted molar refractivity (Wildman–Crippen MR) is 110 cm³/mol. The molecule has 0 bridgehead atoms. The largest absolute Gasteiger partial charge is 0.325 e. The van der Waals surface area contributed by atoms with E-state index in [2.05, 4.69) is 15.4 Å². The van der Waals surface area contributed by atoms with Gasteiger partial charge in [0.05, 0.1) is 5.69 Å². The van der Waals surface area contributed by atoms with E-state index >= 15 is 0 Å². The van der Waals surface area contributed by atoms with Crippen LogP contribution in [0.1, 0.15) is 41.3 Å². The van der Waals surface area contributed by atoms with Gasteiger partial charge in [-0.25, -0.2) is 9.67 Å². The predicted octanol–water partition coefficient (Wildman–Crippen LogP) is 2.45. The van der Waals surface area contributed by atoms with E-state index in [9.17, 15) is 14.4 Å². The van der Waals surface area contributed by atoms with Gasteiger partial charge in [-0.05, 0) is 57.5 Å². The van der Waals surface area contributed by atoms with Gasteiger partial charge in [0.2, 0.25) is 11.9 Å². The molecule has 1 amide bonds. The van der Waals surface area contributed by atoms with E-state index in [-0.39, 0.29) is 23.8 Å². The van der Waals surface area contributed by atoms with Crippen molar-refractivity contribution < 1.29 is 9.59 Å². The Morgan fingerprint density at radius 2 is 1.79 bits per heavy atom. The third-order valence-corrected chi connectivity index (χ3v) is 4.48. The maximum atomic E-state index is 12.7. The first-order valence-electron chi connectivity index (χ1n) is 9.33. The number of hydrogen-bond donors (Lipinski definition) is 1. The highest BCUT2D eigenvalue weighted by molar-refractivity contribution is 5.95. The second kappa shape index (κ2) is 8.22. The van der Waals surface area contributed by atoms with Gasteiger partial charge >= 0.3 is 0 Å². The topological polar surface area (TPSA) is 98.9 Å². The second-order valence-corrected chi connectivity index (χ2v) is 6.85. The number of carbonyl (C=O) groups is 2. The lowest BCUT2D eigenvalue weighted by molar-refractivity contribution is -0.116. The lowest BCUT2D eigenvalue weighted by Crippen LogP contribution is -2.32. The summed E-state index contributed by atoms with van der Waals surface area (Å²) in [6, 6.07) is 9.90. The number of ketones is 1. The smallest absolute Gasteiger partial charge is 0.255 e. The minimum atomic E-state index is -0.378. The van der Waals surface area contributed by atoms with Crippen LogP contribution in [-0.4, -0.2) is 31.0 Å². The molecule has 2 aromatic heterocycles. The number of rotatable bonds is 6. The number of carbonyl (C=O) groups excluding carboxylic acids is 2. The summed E-state index contributed by atoms with van der Waals surface area (Å²) >= 11 is 0. The van der Waals surface area contributed by atoms with Crippen LogP contribution in [0.3, 0.4) is 0 Å². The van der Waals surface area contributed by atoms with Gasteiger partial charge in [-0.3, -0.25) is 19.0 Å². The molecule has 0 aliphatic rings. The van der Waals surface area contributed by atoms with Gasteiger partial charge in [0.15, 0.2) is 5.78 Å². The summed E-state index contributed by atoms with van der Waals surface area (Å²) < 4.78 is 2.88. The Labute approximate surface area is 168 Å². The van der Waals surface area contributed by atoms with Crippen molar-refractivity contribution in [1.82, 2.24) is 19.3 Å². The van der Waals surface area contributed by atoms with Gasteiger partial charge < -0.3 is 5.32 Å². The van der Waals surface area contributed by atoms with Gasteiger partial charge in [0.1, 0.15) is 6.54 Å². The molecule has 150 valence electrons. The van der Waals surface area contributed by atoms with Crippen LogP contribution >= 0.6 is 0 Å². The molecule has 0 radical (unpaired) electrons. The molecule has 0 fully saturated rings. The molecule has 1 N–H and O–H groups in total. The van der Waals surface area contributed by atoms with E-state index in [0.717, 1.165) is 11.4 Å². The van der Waals surface area contributed by atoms with Crippen LogP contribution < -0.4 is 10.9 Å². The van der Waals surface area contributed by atoms with Crippen molar-refractivity contribution in [2.75, 3.05) is 5.32 Å². The van der Waals surface area contributed by atoms with Crippen molar-refractivity contribution in [1.29, 1.82) is 0 Å². The molecule has 0 atom stereocenters. The van der Waals surface area contributed by atoms with Crippen molar-refractivity contribution >= 4 is 17.4 Å². The van der Waals surface area contributed by atoms with Gasteiger partial charge in [0, 0.05) is 28.7 Å². The minimum Gasteiger partial charge on any atom is -0.325 e. The molecule has 2 heterocycles. The van der Waals surface area contributed by atoms with E-state index in [1.165, 1.54) is 17.6 Å². The fraction of sp³-hybridized carbons (Fsp3) is 0.286. The number of aromatic nitrogens is 4. The van der Waals surface area contributed by atoms with Crippen molar-refractivity contribution in [3.63, 3.8) is 0 Å². The second-order valence-electron chi connectivity index (χ2n) is 6.85. The molecule has 0 aliphatic heterocycles. The molecule has 8 heteroatoms. The van der Waals surface area contributed by atoms with Crippen molar-refractivity contribution in [2.24, 2.45) is 0 Å². The van der Waals surface area contributed by atoms with Gasteiger partial charge in [-0.2, -0.15) is 5.10 Å². The van der Waals surface area contributed by atoms with Gasteiger partial charge in [-0.1, -0.05) is 6.92 Å². The number of anilines is 1. The monoisotopic (exact) mass is 393 g/mol. The van der Waals surface area contributed by atoms with E-state index in [1.807, 2.05) is 26.8 Å². The standard InChI is InChI=1S/C21H23N5O3/c1-5-17-11-20(29)25(21(23-17)26-14(3)10-13(2)24-26)12-19(28)22-18-8-6-16(7-9-18)15(4)27/h6-11H,5,12H2,1-4H3,(H,22,28). The molecule has 0 aliphatic carbocycles. The molecular weight excluding hydrogens is 370 g/mol. The average molecular weight is 393 g/mol. The summed E-state index contributed by atoms with van der Waals surface area (Å²) in [5, 5.41) is 7.15. The summed E-state index contributed by atoms with van der Waals surface area (Å²) in [6.45, 7) is 6.90. The Morgan fingerprint density at radius 1 is 1.10 bits per heavy atom. The lowest BCUT2D eigenvalue weighted by atomic mass is 10.1.